The van der Waals surface area contributed by atoms with Crippen molar-refractivity contribution in [1.82, 2.24) is 10.3 Å². The maximum atomic E-state index is 12.0. The minimum atomic E-state index is 0.0141. The van der Waals surface area contributed by atoms with E-state index in [-0.39, 0.29) is 12.0 Å². The van der Waals surface area contributed by atoms with Crippen molar-refractivity contribution >= 4 is 44.9 Å². The van der Waals surface area contributed by atoms with Gasteiger partial charge >= 0.3 is 0 Å². The normalized spacial score (nSPS) is 17.1. The Kier molecular flexibility index (Phi) is 6.71. The first-order valence-corrected chi connectivity index (χ1v) is 10.5. The van der Waals surface area contributed by atoms with E-state index in [1.165, 1.54) is 5.56 Å². The number of thioether (sulfide) groups is 1. The van der Waals surface area contributed by atoms with Gasteiger partial charge < -0.3 is 10.1 Å². The van der Waals surface area contributed by atoms with Crippen LogP contribution in [-0.2, 0) is 21.7 Å². The van der Waals surface area contributed by atoms with Gasteiger partial charge in [-0.25, -0.2) is 4.98 Å². The zero-order valence-corrected chi connectivity index (χ0v) is 16.4. The van der Waals surface area contributed by atoms with Crippen molar-refractivity contribution in [2.75, 3.05) is 13.2 Å². The summed E-state index contributed by atoms with van der Waals surface area (Å²) in [5, 5.41) is 4.90. The fraction of sp³-hybridized carbons (Fsp3) is 0.412. The Balaban J connectivity index is 1.42. The Morgan fingerprint density at radius 2 is 2.25 bits per heavy atom. The monoisotopic (exact) mass is 426 g/mol. The maximum Gasteiger partial charge on any atom is 0.226 e. The molecule has 0 unspecified atom stereocenters. The summed E-state index contributed by atoms with van der Waals surface area (Å²) in [7, 11) is 0. The van der Waals surface area contributed by atoms with Crippen LogP contribution in [0.15, 0.2) is 38.5 Å². The van der Waals surface area contributed by atoms with Gasteiger partial charge in [-0.3, -0.25) is 4.79 Å². The van der Waals surface area contributed by atoms with Gasteiger partial charge in [-0.05, 0) is 30.5 Å². The van der Waals surface area contributed by atoms with Crippen LogP contribution in [0.4, 0.5) is 0 Å². The number of nitrogens with one attached hydrogen (secondary N) is 1. The molecule has 4 nitrogen and oxygen atoms in total. The van der Waals surface area contributed by atoms with Gasteiger partial charge in [0.15, 0.2) is 0 Å². The van der Waals surface area contributed by atoms with Crippen molar-refractivity contribution in [3.63, 3.8) is 0 Å². The lowest BCUT2D eigenvalue weighted by molar-refractivity contribution is -0.121. The number of hydrogen-bond acceptors (Lipinski definition) is 5. The van der Waals surface area contributed by atoms with Crippen LogP contribution in [0, 0.1) is 0 Å². The number of nitrogens with zero attached hydrogens (tertiary/aromatic N) is 1. The lowest BCUT2D eigenvalue weighted by Gasteiger charge is -2.09. The zero-order chi connectivity index (χ0) is 16.8. The van der Waals surface area contributed by atoms with E-state index >= 15 is 0 Å². The van der Waals surface area contributed by atoms with Gasteiger partial charge in [0.25, 0.3) is 0 Å². The lowest BCUT2D eigenvalue weighted by Crippen LogP contribution is -2.32. The zero-order valence-electron chi connectivity index (χ0n) is 13.2. The molecule has 1 amide bonds. The van der Waals surface area contributed by atoms with E-state index in [0.717, 1.165) is 39.7 Å². The van der Waals surface area contributed by atoms with Gasteiger partial charge in [0.1, 0.15) is 4.34 Å². The largest absolute Gasteiger partial charge is 0.376 e. The number of rotatable bonds is 7. The predicted molar refractivity (Wildman–Crippen MR) is 102 cm³/mol. The molecule has 24 heavy (non-hydrogen) atoms. The first kappa shape index (κ1) is 17.9. The highest BCUT2D eigenvalue weighted by atomic mass is 79.9. The van der Waals surface area contributed by atoms with E-state index in [9.17, 15) is 4.79 Å². The van der Waals surface area contributed by atoms with Crippen LogP contribution in [0.3, 0.4) is 0 Å². The van der Waals surface area contributed by atoms with E-state index in [4.69, 9.17) is 4.74 Å². The third-order valence-electron chi connectivity index (χ3n) is 3.70. The standard InChI is InChI=1S/C17H19BrN2O2S2/c18-13-5-3-12(4-6-13)10-23-17-20-14(11-24-17)8-16(21)19-9-15-2-1-7-22-15/h3-6,11,15H,1-2,7-10H2,(H,19,21)/t15-/m1/s1. The highest BCUT2D eigenvalue weighted by molar-refractivity contribution is 9.10. The molecule has 1 aromatic carbocycles. The van der Waals surface area contributed by atoms with Crippen LogP contribution in [-0.4, -0.2) is 30.1 Å². The second kappa shape index (κ2) is 8.99. The van der Waals surface area contributed by atoms with Crippen molar-refractivity contribution < 1.29 is 9.53 Å². The molecule has 0 radical (unpaired) electrons. The summed E-state index contributed by atoms with van der Waals surface area (Å²) >= 11 is 6.74. The number of thiazole rings is 1. The van der Waals surface area contributed by atoms with E-state index in [1.54, 1.807) is 23.1 Å². The molecule has 2 aromatic rings. The molecule has 1 aromatic heterocycles. The molecule has 1 N–H and O–H groups in total. The minimum Gasteiger partial charge on any atom is -0.376 e. The number of carbonyl (C=O) groups excluding carboxylic acids is 1. The fourth-order valence-corrected chi connectivity index (χ4v) is 4.49. The van der Waals surface area contributed by atoms with Gasteiger partial charge in [0.05, 0.1) is 18.2 Å². The van der Waals surface area contributed by atoms with Gasteiger partial charge in [-0.2, -0.15) is 0 Å². The quantitative estimate of drug-likeness (QED) is 0.678. The Morgan fingerprint density at radius 1 is 1.42 bits per heavy atom. The van der Waals surface area contributed by atoms with Crippen molar-refractivity contribution in [3.05, 3.63) is 45.4 Å². The van der Waals surface area contributed by atoms with Gasteiger partial charge in [-0.15, -0.1) is 11.3 Å². The molecule has 1 aliphatic heterocycles. The molecule has 7 heteroatoms. The number of hydrogen-bond donors (Lipinski definition) is 1. The molecule has 0 saturated carbocycles. The number of ether oxygens (including phenoxy) is 1. The molecule has 1 atom stereocenters. The van der Waals surface area contributed by atoms with E-state index in [0.29, 0.717) is 13.0 Å². The van der Waals surface area contributed by atoms with E-state index in [2.05, 4.69) is 38.4 Å². The van der Waals surface area contributed by atoms with E-state index < -0.39 is 0 Å². The van der Waals surface area contributed by atoms with Crippen LogP contribution in [0.5, 0.6) is 0 Å². The second-order valence-corrected chi connectivity index (χ2v) is 8.63. The van der Waals surface area contributed by atoms with Gasteiger partial charge in [-0.1, -0.05) is 39.8 Å². The summed E-state index contributed by atoms with van der Waals surface area (Å²) in [5.74, 6) is 0.895. The minimum absolute atomic E-state index is 0.0141. The average molecular weight is 427 g/mol. The number of aromatic nitrogens is 1. The van der Waals surface area contributed by atoms with Gasteiger partial charge in [0.2, 0.25) is 5.91 Å². The van der Waals surface area contributed by atoms with Crippen molar-refractivity contribution in [2.24, 2.45) is 0 Å². The Labute approximate surface area is 158 Å². The number of benzene rings is 1. The Hall–Kier alpha value is -0.890. The molecule has 0 aliphatic carbocycles. The molecule has 128 valence electrons. The summed E-state index contributed by atoms with van der Waals surface area (Å²) < 4.78 is 7.59. The first-order valence-electron chi connectivity index (χ1n) is 7.89. The highest BCUT2D eigenvalue weighted by Gasteiger charge is 2.16. The van der Waals surface area contributed by atoms with Crippen LogP contribution in [0.25, 0.3) is 0 Å². The smallest absolute Gasteiger partial charge is 0.226 e. The summed E-state index contributed by atoms with van der Waals surface area (Å²) in [4.78, 5) is 16.5. The van der Waals surface area contributed by atoms with Crippen molar-refractivity contribution in [2.45, 2.75) is 35.5 Å². The molecule has 2 heterocycles. The Bertz CT molecular complexity index is 669. The topological polar surface area (TPSA) is 51.2 Å². The third kappa shape index (κ3) is 5.58. The Morgan fingerprint density at radius 3 is 3.00 bits per heavy atom. The molecule has 3 rings (SSSR count). The maximum absolute atomic E-state index is 12.0. The third-order valence-corrected chi connectivity index (χ3v) is 6.37. The van der Waals surface area contributed by atoms with Gasteiger partial charge in [0, 0.05) is 28.8 Å². The fourth-order valence-electron chi connectivity index (χ4n) is 2.42. The number of carbonyl (C=O) groups is 1. The number of amides is 1. The first-order chi connectivity index (χ1) is 11.7. The second-order valence-electron chi connectivity index (χ2n) is 5.64. The summed E-state index contributed by atoms with van der Waals surface area (Å²) in [6, 6.07) is 8.29. The lowest BCUT2D eigenvalue weighted by atomic mass is 10.2. The molecular formula is C17H19BrN2O2S2. The van der Waals surface area contributed by atoms with Crippen LogP contribution in [0.1, 0.15) is 24.1 Å². The molecule has 0 bridgehead atoms. The van der Waals surface area contributed by atoms with Crippen molar-refractivity contribution in [3.8, 4) is 0 Å². The van der Waals surface area contributed by atoms with Crippen LogP contribution < -0.4 is 5.32 Å². The SMILES string of the molecule is O=C(Cc1csc(SCc2ccc(Br)cc2)n1)NC[C@H]1CCCO1. The van der Waals surface area contributed by atoms with E-state index in [1.807, 2.05) is 17.5 Å². The summed E-state index contributed by atoms with van der Waals surface area (Å²) in [6.45, 7) is 1.42. The average Bonchev–Trinajstić information content (AvgIpc) is 3.24. The van der Waals surface area contributed by atoms with Crippen LogP contribution in [0.2, 0.25) is 0 Å². The summed E-state index contributed by atoms with van der Waals surface area (Å²) in [6.07, 6.45) is 2.64. The number of halogens is 1. The van der Waals surface area contributed by atoms with Crippen LogP contribution >= 0.6 is 39.0 Å². The van der Waals surface area contributed by atoms with Crippen molar-refractivity contribution in [1.29, 1.82) is 0 Å². The molecule has 1 fully saturated rings. The molecule has 1 aliphatic rings. The molecule has 1 saturated heterocycles. The summed E-state index contributed by atoms with van der Waals surface area (Å²) in [5.41, 5.74) is 2.09. The highest BCUT2D eigenvalue weighted by Crippen LogP contribution is 2.27. The molecular weight excluding hydrogens is 408 g/mol. The molecule has 0 spiro atoms. The predicted octanol–water partition coefficient (Wildman–Crippen LogP) is 4.04.